The van der Waals surface area contributed by atoms with Crippen molar-refractivity contribution in [3.05, 3.63) is 64.8 Å². The van der Waals surface area contributed by atoms with E-state index in [9.17, 15) is 9.90 Å². The van der Waals surface area contributed by atoms with Gasteiger partial charge in [-0.2, -0.15) is 15.0 Å². The standard InChI is InChI=1S/C22H22N6O2S/c1-24-19(4-2-5-20(29)25-11-3-6-21-26-12-13-31-21)28-22(30)18(15-27-28)17-9-7-16(14-23)8-10-17/h2,4,7-10,12-13,15,30H,3,5-6,11H2,1H3,(H,25,29)/b4-2-,24-19+. The van der Waals surface area contributed by atoms with Crippen LogP contribution in [0.5, 0.6) is 5.88 Å². The Morgan fingerprint density at radius 3 is 2.87 bits per heavy atom. The molecule has 0 aliphatic rings. The normalized spacial score (nSPS) is 11.5. The van der Waals surface area contributed by atoms with Crippen LogP contribution in [0.4, 0.5) is 0 Å². The molecule has 158 valence electrons. The minimum atomic E-state index is -0.0891. The summed E-state index contributed by atoms with van der Waals surface area (Å²) >= 11 is 1.61. The van der Waals surface area contributed by atoms with Crippen molar-refractivity contribution < 1.29 is 9.90 Å². The Kier molecular flexibility index (Phi) is 7.67. The van der Waals surface area contributed by atoms with Crippen LogP contribution in [0.3, 0.4) is 0 Å². The van der Waals surface area contributed by atoms with E-state index in [1.807, 2.05) is 5.38 Å². The molecule has 2 N–H and O–H groups in total. The van der Waals surface area contributed by atoms with E-state index in [1.54, 1.807) is 61.0 Å². The molecule has 0 spiro atoms. The smallest absolute Gasteiger partial charge is 0.223 e. The average molecular weight is 435 g/mol. The van der Waals surface area contributed by atoms with Gasteiger partial charge in [-0.15, -0.1) is 11.3 Å². The summed E-state index contributed by atoms with van der Waals surface area (Å²) in [6.07, 6.45) is 8.52. The number of rotatable bonds is 8. The molecule has 2 heterocycles. The van der Waals surface area contributed by atoms with Gasteiger partial charge in [-0.05, 0) is 30.2 Å². The molecule has 0 bridgehead atoms. The molecular formula is C22H22N6O2S. The second-order valence-corrected chi connectivity index (χ2v) is 7.53. The molecular weight excluding hydrogens is 412 g/mol. The lowest BCUT2D eigenvalue weighted by Gasteiger charge is -2.05. The molecule has 0 radical (unpaired) electrons. The van der Waals surface area contributed by atoms with Gasteiger partial charge in [-0.3, -0.25) is 9.79 Å². The highest BCUT2D eigenvalue weighted by molar-refractivity contribution is 7.09. The number of amides is 1. The van der Waals surface area contributed by atoms with Crippen LogP contribution in [0, 0.1) is 11.3 Å². The summed E-state index contributed by atoms with van der Waals surface area (Å²) in [6, 6.07) is 8.91. The summed E-state index contributed by atoms with van der Waals surface area (Å²) in [5.41, 5.74) is 1.80. The fourth-order valence-electron chi connectivity index (χ4n) is 2.86. The third kappa shape index (κ3) is 5.87. The monoisotopic (exact) mass is 434 g/mol. The van der Waals surface area contributed by atoms with E-state index in [-0.39, 0.29) is 18.2 Å². The molecule has 0 aliphatic carbocycles. The van der Waals surface area contributed by atoms with E-state index in [0.29, 0.717) is 23.5 Å². The first-order chi connectivity index (χ1) is 15.1. The number of nitriles is 1. The summed E-state index contributed by atoms with van der Waals surface area (Å²) in [4.78, 5) is 20.4. The van der Waals surface area contributed by atoms with Crippen LogP contribution in [-0.4, -0.2) is 45.2 Å². The number of aromatic hydroxyl groups is 1. The zero-order chi connectivity index (χ0) is 22.1. The maximum atomic E-state index is 12.0. The number of nitrogens with zero attached hydrogens (tertiary/aromatic N) is 5. The van der Waals surface area contributed by atoms with Gasteiger partial charge < -0.3 is 10.4 Å². The van der Waals surface area contributed by atoms with Gasteiger partial charge in [0.25, 0.3) is 0 Å². The van der Waals surface area contributed by atoms with Crippen molar-refractivity contribution in [2.24, 2.45) is 4.99 Å². The molecule has 0 unspecified atom stereocenters. The zero-order valence-electron chi connectivity index (χ0n) is 17.0. The minimum absolute atomic E-state index is 0.0680. The molecule has 8 nitrogen and oxygen atoms in total. The highest BCUT2D eigenvalue weighted by Crippen LogP contribution is 2.29. The van der Waals surface area contributed by atoms with Crippen LogP contribution < -0.4 is 5.32 Å². The largest absolute Gasteiger partial charge is 0.493 e. The predicted octanol–water partition coefficient (Wildman–Crippen LogP) is 3.16. The molecule has 1 amide bonds. The highest BCUT2D eigenvalue weighted by atomic mass is 32.1. The topological polar surface area (TPSA) is 116 Å². The average Bonchev–Trinajstić information content (AvgIpc) is 3.44. The Labute approximate surface area is 184 Å². The lowest BCUT2D eigenvalue weighted by atomic mass is 10.1. The lowest BCUT2D eigenvalue weighted by molar-refractivity contribution is -0.120. The predicted molar refractivity (Wildman–Crippen MR) is 120 cm³/mol. The Balaban J connectivity index is 1.54. The van der Waals surface area contributed by atoms with Gasteiger partial charge >= 0.3 is 0 Å². The SMILES string of the molecule is C/N=C(\C=C/CC(=O)NCCCc1nccs1)n1ncc(-c2ccc(C#N)cc2)c1O. The Morgan fingerprint density at radius 1 is 1.39 bits per heavy atom. The zero-order valence-corrected chi connectivity index (χ0v) is 17.8. The van der Waals surface area contributed by atoms with Crippen LogP contribution in [-0.2, 0) is 11.2 Å². The maximum absolute atomic E-state index is 12.0. The number of carbonyl (C=O) groups excluding carboxylic acids is 1. The van der Waals surface area contributed by atoms with Gasteiger partial charge in [-0.1, -0.05) is 18.2 Å². The number of benzene rings is 1. The minimum Gasteiger partial charge on any atom is -0.493 e. The van der Waals surface area contributed by atoms with E-state index < -0.39 is 0 Å². The summed E-state index contributed by atoms with van der Waals surface area (Å²) in [5, 5.41) is 29.6. The summed E-state index contributed by atoms with van der Waals surface area (Å²) in [6.45, 7) is 0.592. The van der Waals surface area contributed by atoms with E-state index in [2.05, 4.69) is 26.5 Å². The van der Waals surface area contributed by atoms with Gasteiger partial charge in [0.05, 0.1) is 28.4 Å². The Morgan fingerprint density at radius 2 is 2.19 bits per heavy atom. The summed E-state index contributed by atoms with van der Waals surface area (Å²) < 4.78 is 1.30. The number of aromatic nitrogens is 3. The molecule has 9 heteroatoms. The van der Waals surface area contributed by atoms with Crippen LogP contribution >= 0.6 is 11.3 Å². The number of nitrogens with one attached hydrogen (secondary N) is 1. The van der Waals surface area contributed by atoms with Crippen LogP contribution in [0.15, 0.2) is 59.2 Å². The molecule has 3 aromatic rings. The number of hydrogen-bond donors (Lipinski definition) is 2. The van der Waals surface area contributed by atoms with E-state index in [1.165, 1.54) is 10.9 Å². The van der Waals surface area contributed by atoms with Crippen molar-refractivity contribution >= 4 is 23.1 Å². The Bertz CT molecular complexity index is 1110. The van der Waals surface area contributed by atoms with Gasteiger partial charge in [0.2, 0.25) is 11.8 Å². The van der Waals surface area contributed by atoms with Crippen molar-refractivity contribution in [3.8, 4) is 23.1 Å². The third-order valence-corrected chi connectivity index (χ3v) is 5.30. The second kappa shape index (κ2) is 10.8. The van der Waals surface area contributed by atoms with E-state index in [4.69, 9.17) is 5.26 Å². The van der Waals surface area contributed by atoms with Crippen LogP contribution in [0.1, 0.15) is 23.4 Å². The summed E-state index contributed by atoms with van der Waals surface area (Å²) in [7, 11) is 1.58. The molecule has 1 aromatic carbocycles. The maximum Gasteiger partial charge on any atom is 0.223 e. The molecule has 0 atom stereocenters. The number of thiazole rings is 1. The van der Waals surface area contributed by atoms with Crippen molar-refractivity contribution in [2.45, 2.75) is 19.3 Å². The first kappa shape index (κ1) is 21.9. The van der Waals surface area contributed by atoms with Crippen LogP contribution in [0.2, 0.25) is 0 Å². The quantitative estimate of drug-likeness (QED) is 0.321. The van der Waals surface area contributed by atoms with Crippen LogP contribution in [0.25, 0.3) is 11.1 Å². The van der Waals surface area contributed by atoms with Gasteiger partial charge in [0, 0.05) is 38.0 Å². The molecule has 0 saturated heterocycles. The molecule has 2 aromatic heterocycles. The number of carbonyl (C=O) groups is 1. The van der Waals surface area contributed by atoms with Gasteiger partial charge in [0.1, 0.15) is 0 Å². The second-order valence-electron chi connectivity index (χ2n) is 6.55. The lowest BCUT2D eigenvalue weighted by Crippen LogP contribution is -2.24. The van der Waals surface area contributed by atoms with E-state index >= 15 is 0 Å². The van der Waals surface area contributed by atoms with Crippen molar-refractivity contribution in [1.29, 1.82) is 5.26 Å². The van der Waals surface area contributed by atoms with Crippen molar-refractivity contribution in [1.82, 2.24) is 20.1 Å². The molecule has 3 rings (SSSR count). The molecule has 31 heavy (non-hydrogen) atoms. The van der Waals surface area contributed by atoms with Crippen molar-refractivity contribution in [3.63, 3.8) is 0 Å². The van der Waals surface area contributed by atoms with Gasteiger partial charge in [0.15, 0.2) is 5.84 Å². The fraction of sp³-hybridized carbons (Fsp3) is 0.227. The highest BCUT2D eigenvalue weighted by Gasteiger charge is 2.14. The third-order valence-electron chi connectivity index (χ3n) is 4.46. The number of aliphatic imine (C=N–C) groups is 1. The Hall–Kier alpha value is -3.77. The van der Waals surface area contributed by atoms with E-state index in [0.717, 1.165) is 23.4 Å². The summed E-state index contributed by atoms with van der Waals surface area (Å²) in [5.74, 6) is 0.240. The molecule has 0 aliphatic heterocycles. The molecule has 0 fully saturated rings. The number of allylic oxidation sites excluding steroid dienone is 1. The van der Waals surface area contributed by atoms with Gasteiger partial charge in [-0.25, -0.2) is 4.98 Å². The first-order valence-electron chi connectivity index (χ1n) is 9.68. The van der Waals surface area contributed by atoms with Crippen molar-refractivity contribution in [2.75, 3.05) is 13.6 Å². The number of hydrogen-bond acceptors (Lipinski definition) is 7. The number of aryl methyl sites for hydroxylation is 1. The fourth-order valence-corrected chi connectivity index (χ4v) is 3.53. The molecule has 0 saturated carbocycles. The first-order valence-corrected chi connectivity index (χ1v) is 10.6.